The average molecular weight is 150 g/mol. The van der Waals surface area contributed by atoms with Gasteiger partial charge in [0.1, 0.15) is 5.82 Å². The monoisotopic (exact) mass is 150 g/mol. The second kappa shape index (κ2) is 1.91. The Morgan fingerprint density at radius 2 is 2.27 bits per heavy atom. The molecule has 56 valence electrons. The van der Waals surface area contributed by atoms with Gasteiger partial charge < -0.3 is 10.2 Å². The Kier molecular flexibility index (Phi) is 1.06. The molecule has 0 amide bonds. The van der Waals surface area contributed by atoms with Crippen molar-refractivity contribution in [1.82, 2.24) is 15.0 Å². The van der Waals surface area contributed by atoms with Crippen LogP contribution >= 0.6 is 0 Å². The molecule has 2 heterocycles. The van der Waals surface area contributed by atoms with Gasteiger partial charge in [0.05, 0.1) is 0 Å². The van der Waals surface area contributed by atoms with Gasteiger partial charge in [-0.3, -0.25) is 0 Å². The van der Waals surface area contributed by atoms with Gasteiger partial charge in [0.15, 0.2) is 17.7 Å². The third-order valence-electron chi connectivity index (χ3n) is 1.34. The first-order chi connectivity index (χ1) is 5.27. The van der Waals surface area contributed by atoms with Crippen molar-refractivity contribution < 1.29 is 4.42 Å². The molecular weight excluding hydrogens is 144 g/mol. The van der Waals surface area contributed by atoms with Crippen molar-refractivity contribution in [3.05, 3.63) is 12.2 Å². The lowest BCUT2D eigenvalue weighted by molar-refractivity contribution is 0.589. The maximum absolute atomic E-state index is 5.53. The van der Waals surface area contributed by atoms with E-state index in [1.54, 1.807) is 6.92 Å². The molecule has 0 aliphatic carbocycles. The van der Waals surface area contributed by atoms with Crippen molar-refractivity contribution in [2.45, 2.75) is 6.92 Å². The minimum Gasteiger partial charge on any atom is -0.425 e. The van der Waals surface area contributed by atoms with E-state index in [1.807, 2.05) is 0 Å². The van der Waals surface area contributed by atoms with Crippen molar-refractivity contribution in [2.75, 3.05) is 5.73 Å². The van der Waals surface area contributed by atoms with Gasteiger partial charge in [0, 0.05) is 0 Å². The Bertz CT molecular complexity index is 394. The van der Waals surface area contributed by atoms with Crippen LogP contribution in [-0.4, -0.2) is 15.0 Å². The molecule has 5 heteroatoms. The van der Waals surface area contributed by atoms with Crippen molar-refractivity contribution >= 4 is 17.0 Å². The van der Waals surface area contributed by atoms with Crippen molar-refractivity contribution in [3.8, 4) is 0 Å². The zero-order chi connectivity index (χ0) is 7.84. The summed E-state index contributed by atoms with van der Waals surface area (Å²) in [5.74, 6) is 0.952. The molecule has 2 rings (SSSR count). The van der Waals surface area contributed by atoms with Crippen LogP contribution in [0.2, 0.25) is 0 Å². The number of anilines is 1. The number of aryl methyl sites for hydroxylation is 1. The maximum Gasteiger partial charge on any atom is 0.252 e. The smallest absolute Gasteiger partial charge is 0.252 e. The number of aromatic nitrogens is 3. The van der Waals surface area contributed by atoms with Crippen LogP contribution in [0.3, 0.4) is 0 Å². The topological polar surface area (TPSA) is 77.8 Å². The van der Waals surface area contributed by atoms with E-state index in [0.717, 1.165) is 0 Å². The van der Waals surface area contributed by atoms with Gasteiger partial charge >= 0.3 is 0 Å². The third kappa shape index (κ3) is 0.813. The molecule has 0 radical (unpaired) electrons. The van der Waals surface area contributed by atoms with Crippen LogP contribution < -0.4 is 5.73 Å². The van der Waals surface area contributed by atoms with Crippen LogP contribution in [0.5, 0.6) is 0 Å². The molecular formula is C6H6N4O. The Labute approximate surface area is 62.3 Å². The number of fused-ring (bicyclic) bond motifs is 1. The Morgan fingerprint density at radius 3 is 3.09 bits per heavy atom. The number of hydrogen-bond acceptors (Lipinski definition) is 5. The van der Waals surface area contributed by atoms with Crippen LogP contribution in [0.15, 0.2) is 10.8 Å². The van der Waals surface area contributed by atoms with Crippen molar-refractivity contribution in [1.29, 1.82) is 0 Å². The molecule has 0 aromatic carbocycles. The Morgan fingerprint density at radius 1 is 1.45 bits per heavy atom. The largest absolute Gasteiger partial charge is 0.425 e. The lowest BCUT2D eigenvalue weighted by atomic mass is 10.5. The molecule has 2 aromatic rings. The highest BCUT2D eigenvalue weighted by Crippen LogP contribution is 2.14. The first-order valence-corrected chi connectivity index (χ1v) is 3.10. The van der Waals surface area contributed by atoms with Gasteiger partial charge in [-0.25, -0.2) is 9.97 Å². The second-order valence-corrected chi connectivity index (χ2v) is 2.16. The van der Waals surface area contributed by atoms with Gasteiger partial charge in [-0.1, -0.05) is 0 Å². The van der Waals surface area contributed by atoms with Crippen LogP contribution in [0.4, 0.5) is 5.82 Å². The highest BCUT2D eigenvalue weighted by atomic mass is 16.3. The zero-order valence-corrected chi connectivity index (χ0v) is 5.90. The Balaban J connectivity index is 2.91. The van der Waals surface area contributed by atoms with Gasteiger partial charge in [0.25, 0.3) is 5.71 Å². The van der Waals surface area contributed by atoms with Crippen molar-refractivity contribution in [3.63, 3.8) is 0 Å². The Hall–Kier alpha value is -1.65. The molecule has 0 unspecified atom stereocenters. The van der Waals surface area contributed by atoms with Crippen LogP contribution in [0.25, 0.3) is 11.2 Å². The van der Waals surface area contributed by atoms with Gasteiger partial charge in [-0.2, -0.15) is 4.98 Å². The normalized spacial score (nSPS) is 10.6. The number of nitrogen functional groups attached to an aromatic ring is 1. The van der Waals surface area contributed by atoms with E-state index >= 15 is 0 Å². The highest BCUT2D eigenvalue weighted by molar-refractivity contribution is 5.79. The molecule has 0 fully saturated rings. The van der Waals surface area contributed by atoms with E-state index in [1.165, 1.54) is 6.39 Å². The third-order valence-corrected chi connectivity index (χ3v) is 1.34. The molecule has 2 aromatic heterocycles. The minimum atomic E-state index is 0.362. The fourth-order valence-electron chi connectivity index (χ4n) is 0.894. The van der Waals surface area contributed by atoms with E-state index in [-0.39, 0.29) is 0 Å². The molecule has 0 spiro atoms. The van der Waals surface area contributed by atoms with Gasteiger partial charge in [-0.15, -0.1) is 0 Å². The van der Waals surface area contributed by atoms with Crippen LogP contribution in [0, 0.1) is 6.92 Å². The second-order valence-electron chi connectivity index (χ2n) is 2.16. The first kappa shape index (κ1) is 6.09. The summed E-state index contributed by atoms with van der Waals surface area (Å²) in [5, 5.41) is 0. The summed E-state index contributed by atoms with van der Waals surface area (Å²) in [5.41, 5.74) is 6.49. The summed E-state index contributed by atoms with van der Waals surface area (Å²) in [6, 6.07) is 0. The molecule has 11 heavy (non-hydrogen) atoms. The lowest BCUT2D eigenvalue weighted by Crippen LogP contribution is -1.95. The average Bonchev–Trinajstić information content (AvgIpc) is 2.34. The fraction of sp³-hybridized carbons (Fsp3) is 0.167. The standard InChI is InChI=1S/C6H6N4O/c1-3-9-5(7)4-6(10-3)11-2-8-4/h2H,1H3,(H2,7,9,10). The van der Waals surface area contributed by atoms with Crippen LogP contribution in [0.1, 0.15) is 5.82 Å². The number of hydrogen-bond donors (Lipinski definition) is 1. The van der Waals surface area contributed by atoms with Crippen molar-refractivity contribution in [2.24, 2.45) is 0 Å². The summed E-state index contributed by atoms with van der Waals surface area (Å²) in [6.45, 7) is 1.75. The molecule has 5 nitrogen and oxygen atoms in total. The summed E-state index contributed by atoms with van der Waals surface area (Å²) >= 11 is 0. The highest BCUT2D eigenvalue weighted by Gasteiger charge is 2.05. The minimum absolute atomic E-state index is 0.362. The summed E-state index contributed by atoms with van der Waals surface area (Å²) in [4.78, 5) is 11.7. The molecule has 0 atom stereocenters. The molecule has 0 saturated heterocycles. The predicted molar refractivity (Wildman–Crippen MR) is 38.7 cm³/mol. The molecule has 0 bridgehead atoms. The van der Waals surface area contributed by atoms with E-state index in [2.05, 4.69) is 15.0 Å². The maximum atomic E-state index is 5.53. The summed E-state index contributed by atoms with van der Waals surface area (Å²) in [7, 11) is 0. The van der Waals surface area contributed by atoms with E-state index in [0.29, 0.717) is 22.9 Å². The summed E-state index contributed by atoms with van der Waals surface area (Å²) in [6.07, 6.45) is 1.30. The molecule has 0 saturated carbocycles. The zero-order valence-electron chi connectivity index (χ0n) is 5.90. The molecule has 2 N–H and O–H groups in total. The van der Waals surface area contributed by atoms with E-state index in [4.69, 9.17) is 10.2 Å². The molecule has 0 aliphatic rings. The summed E-state index contributed by atoms with van der Waals surface area (Å²) < 4.78 is 4.94. The predicted octanol–water partition coefficient (Wildman–Crippen LogP) is 0.508. The number of nitrogens with two attached hydrogens (primary N) is 1. The first-order valence-electron chi connectivity index (χ1n) is 3.10. The van der Waals surface area contributed by atoms with E-state index in [9.17, 15) is 0 Å². The van der Waals surface area contributed by atoms with Gasteiger partial charge in [0.2, 0.25) is 0 Å². The molecule has 0 aliphatic heterocycles. The van der Waals surface area contributed by atoms with Gasteiger partial charge in [-0.05, 0) is 6.92 Å². The SMILES string of the molecule is Cc1nc(N)c2ncoc2n1. The number of nitrogens with zero attached hydrogens (tertiary/aromatic N) is 3. The van der Waals surface area contributed by atoms with E-state index < -0.39 is 0 Å². The lowest BCUT2D eigenvalue weighted by Gasteiger charge is -1.92. The van der Waals surface area contributed by atoms with Crippen LogP contribution in [-0.2, 0) is 0 Å². The number of oxazole rings is 1. The quantitative estimate of drug-likeness (QED) is 0.591. The fourth-order valence-corrected chi connectivity index (χ4v) is 0.894. The number of rotatable bonds is 0.